The number of carbonyl (C=O) groups is 1. The summed E-state index contributed by atoms with van der Waals surface area (Å²) in [6, 6.07) is 1.72. The number of carbonyl (C=O) groups excluding carboxylic acids is 1. The number of anilines is 1. The van der Waals surface area contributed by atoms with E-state index in [2.05, 4.69) is 10.6 Å². The van der Waals surface area contributed by atoms with Crippen molar-refractivity contribution in [3.8, 4) is 0 Å². The van der Waals surface area contributed by atoms with Gasteiger partial charge in [-0.05, 0) is 18.2 Å². The fourth-order valence-electron chi connectivity index (χ4n) is 1.08. The molecule has 0 aliphatic rings. The molecule has 9 heteroatoms. The van der Waals surface area contributed by atoms with Crippen LogP contribution in [0.15, 0.2) is 28.9 Å². The zero-order valence-corrected chi connectivity index (χ0v) is 11.3. The summed E-state index contributed by atoms with van der Waals surface area (Å²) >= 11 is 16.2. The normalized spacial score (nSPS) is 10.8. The van der Waals surface area contributed by atoms with Crippen LogP contribution < -0.4 is 10.6 Å². The van der Waals surface area contributed by atoms with Crippen LogP contribution in [0.25, 0.3) is 0 Å². The highest BCUT2D eigenvalue weighted by Crippen LogP contribution is 2.33. The van der Waals surface area contributed by atoms with Crippen LogP contribution >= 0.6 is 34.8 Å². The fraction of sp³-hybridized carbons (Fsp3) is 0.100. The van der Waals surface area contributed by atoms with Gasteiger partial charge in [-0.25, -0.2) is 4.79 Å². The number of hydrogen-bond donors (Lipinski definition) is 2. The Morgan fingerprint density at radius 1 is 1.26 bits per heavy atom. The van der Waals surface area contributed by atoms with Gasteiger partial charge in [-0.3, -0.25) is 0 Å². The maximum absolute atomic E-state index is 12.5. The first kappa shape index (κ1) is 15.9. The van der Waals surface area contributed by atoms with Gasteiger partial charge in [0.15, 0.2) is 0 Å². The van der Waals surface area contributed by atoms with Crippen LogP contribution in [0.5, 0.6) is 0 Å². The molecule has 0 fully saturated rings. The van der Waals surface area contributed by atoms with Gasteiger partial charge in [0.2, 0.25) is 0 Å². The molecule has 0 saturated heterocycles. The summed E-state index contributed by atoms with van der Waals surface area (Å²) < 4.78 is 37.2. The zero-order chi connectivity index (χ0) is 14.6. The molecule has 0 unspecified atom stereocenters. The summed E-state index contributed by atoms with van der Waals surface area (Å²) in [4.78, 5) is 11.3. The number of amides is 2. The first-order chi connectivity index (χ1) is 8.70. The smallest absolute Gasteiger partial charge is 0.312 e. The minimum Gasteiger partial charge on any atom is -0.312 e. The molecule has 104 valence electrons. The van der Waals surface area contributed by atoms with E-state index in [4.69, 9.17) is 34.8 Å². The van der Waals surface area contributed by atoms with Crippen LogP contribution in [-0.4, -0.2) is 6.03 Å². The number of rotatable bonds is 2. The first-order valence-electron chi connectivity index (χ1n) is 4.65. The Morgan fingerprint density at radius 3 is 2.42 bits per heavy atom. The van der Waals surface area contributed by atoms with Crippen molar-refractivity contribution >= 4 is 46.5 Å². The third kappa shape index (κ3) is 5.18. The van der Waals surface area contributed by atoms with Gasteiger partial charge in [0.05, 0.1) is 16.3 Å². The number of urea groups is 1. The minimum atomic E-state index is -4.53. The van der Waals surface area contributed by atoms with Crippen LogP contribution in [0.1, 0.15) is 5.56 Å². The second kappa shape index (κ2) is 6.36. The highest BCUT2D eigenvalue weighted by molar-refractivity contribution is 6.55. The molecule has 0 aliphatic carbocycles. The van der Waals surface area contributed by atoms with Crippen molar-refractivity contribution in [2.45, 2.75) is 6.18 Å². The lowest BCUT2D eigenvalue weighted by Gasteiger charge is -2.11. The molecule has 0 bridgehead atoms. The third-order valence-electron chi connectivity index (χ3n) is 1.85. The lowest BCUT2D eigenvalue weighted by molar-refractivity contribution is -0.137. The monoisotopic (exact) mass is 332 g/mol. The van der Waals surface area contributed by atoms with Gasteiger partial charge in [0, 0.05) is 6.20 Å². The first-order valence-corrected chi connectivity index (χ1v) is 5.79. The molecule has 2 amide bonds. The highest BCUT2D eigenvalue weighted by atomic mass is 35.5. The van der Waals surface area contributed by atoms with E-state index >= 15 is 0 Å². The molecule has 19 heavy (non-hydrogen) atoms. The van der Waals surface area contributed by atoms with Crippen LogP contribution in [0.2, 0.25) is 5.02 Å². The summed E-state index contributed by atoms with van der Waals surface area (Å²) in [6.45, 7) is 0. The Labute approximate surface area is 121 Å². The van der Waals surface area contributed by atoms with E-state index in [0.29, 0.717) is 6.07 Å². The maximum atomic E-state index is 12.5. The molecule has 0 aromatic heterocycles. The SMILES string of the molecule is O=C(NC=C(Cl)Cl)Nc1cc(C(F)(F)F)ccc1Cl. The molecule has 1 aromatic rings. The van der Waals surface area contributed by atoms with Crippen LogP contribution in [0.3, 0.4) is 0 Å². The van der Waals surface area contributed by atoms with Crippen molar-refractivity contribution in [2.75, 3.05) is 5.32 Å². The molecule has 1 aromatic carbocycles. The van der Waals surface area contributed by atoms with Crippen LogP contribution in [0.4, 0.5) is 23.7 Å². The van der Waals surface area contributed by atoms with Crippen molar-refractivity contribution in [3.63, 3.8) is 0 Å². The second-order valence-electron chi connectivity index (χ2n) is 3.22. The average Bonchev–Trinajstić information content (AvgIpc) is 2.28. The summed E-state index contributed by atoms with van der Waals surface area (Å²) in [7, 11) is 0. The van der Waals surface area contributed by atoms with Gasteiger partial charge >= 0.3 is 12.2 Å². The maximum Gasteiger partial charge on any atom is 0.416 e. The lowest BCUT2D eigenvalue weighted by atomic mass is 10.2. The molecular formula is C10H6Cl3F3N2O. The number of benzene rings is 1. The van der Waals surface area contributed by atoms with Crippen molar-refractivity contribution < 1.29 is 18.0 Å². The zero-order valence-electron chi connectivity index (χ0n) is 8.99. The van der Waals surface area contributed by atoms with Gasteiger partial charge in [-0.1, -0.05) is 34.8 Å². The number of halogens is 6. The van der Waals surface area contributed by atoms with Crippen molar-refractivity contribution in [1.29, 1.82) is 0 Å². The minimum absolute atomic E-state index is 0.0379. The Kier molecular flexibility index (Phi) is 5.34. The predicted molar refractivity (Wildman–Crippen MR) is 68.4 cm³/mol. The third-order valence-corrected chi connectivity index (χ3v) is 2.40. The molecule has 0 saturated carbocycles. The standard InChI is InChI=1S/C10H6Cl3F3N2O/c11-6-2-1-5(10(14,15)16)3-7(6)18-9(19)17-4-8(12)13/h1-4H,(H2,17,18,19). The molecule has 0 aliphatic heterocycles. The Balaban J connectivity index is 2.89. The topological polar surface area (TPSA) is 41.1 Å². The van der Waals surface area contributed by atoms with Gasteiger partial charge in [0.1, 0.15) is 4.49 Å². The Bertz CT molecular complexity index is 513. The van der Waals surface area contributed by atoms with Crippen molar-refractivity contribution in [1.82, 2.24) is 5.32 Å². The van der Waals surface area contributed by atoms with E-state index in [1.54, 1.807) is 0 Å². The number of alkyl halides is 3. The van der Waals surface area contributed by atoms with Crippen LogP contribution in [-0.2, 0) is 6.18 Å². The average molecular weight is 334 g/mol. The van der Waals surface area contributed by atoms with E-state index < -0.39 is 17.8 Å². The number of nitrogens with one attached hydrogen (secondary N) is 2. The molecule has 0 radical (unpaired) electrons. The van der Waals surface area contributed by atoms with Gasteiger partial charge < -0.3 is 10.6 Å². The quantitative estimate of drug-likeness (QED) is 0.805. The molecule has 0 atom stereocenters. The van der Waals surface area contributed by atoms with Crippen molar-refractivity contribution in [3.05, 3.63) is 39.5 Å². The molecule has 0 heterocycles. The van der Waals surface area contributed by atoms with E-state index in [1.807, 2.05) is 0 Å². The molecule has 3 nitrogen and oxygen atoms in total. The summed E-state index contributed by atoms with van der Waals surface area (Å²) in [6.07, 6.45) is -3.57. The molecule has 2 N–H and O–H groups in total. The van der Waals surface area contributed by atoms with E-state index in [1.165, 1.54) is 0 Å². The Morgan fingerprint density at radius 2 is 1.89 bits per heavy atom. The van der Waals surface area contributed by atoms with E-state index in [-0.39, 0.29) is 15.2 Å². The highest BCUT2D eigenvalue weighted by Gasteiger charge is 2.31. The predicted octanol–water partition coefficient (Wildman–Crippen LogP) is 4.76. The Hall–Kier alpha value is -1.11. The lowest BCUT2D eigenvalue weighted by Crippen LogP contribution is -2.24. The fourth-order valence-corrected chi connectivity index (χ4v) is 1.35. The largest absolute Gasteiger partial charge is 0.416 e. The van der Waals surface area contributed by atoms with E-state index in [9.17, 15) is 18.0 Å². The molecule has 0 spiro atoms. The summed E-state index contributed by atoms with van der Waals surface area (Å²) in [5.74, 6) is 0. The van der Waals surface area contributed by atoms with Crippen LogP contribution in [0, 0.1) is 0 Å². The molecule has 1 rings (SSSR count). The van der Waals surface area contributed by atoms with Gasteiger partial charge in [-0.15, -0.1) is 0 Å². The van der Waals surface area contributed by atoms with Crippen molar-refractivity contribution in [2.24, 2.45) is 0 Å². The number of hydrogen-bond acceptors (Lipinski definition) is 1. The van der Waals surface area contributed by atoms with E-state index in [0.717, 1.165) is 18.3 Å². The summed E-state index contributed by atoms with van der Waals surface area (Å²) in [5.41, 5.74) is -1.12. The second-order valence-corrected chi connectivity index (χ2v) is 4.64. The van der Waals surface area contributed by atoms with Gasteiger partial charge in [-0.2, -0.15) is 13.2 Å². The summed E-state index contributed by atoms with van der Waals surface area (Å²) in [5, 5.41) is 4.20. The van der Waals surface area contributed by atoms with Gasteiger partial charge in [0.25, 0.3) is 0 Å². The molecular weight excluding hydrogens is 327 g/mol.